The smallest absolute Gasteiger partial charge is 0.407 e. The summed E-state index contributed by atoms with van der Waals surface area (Å²) in [7, 11) is 0. The minimum absolute atomic E-state index is 0.0723. The highest BCUT2D eigenvalue weighted by Crippen LogP contribution is 2.38. The summed E-state index contributed by atoms with van der Waals surface area (Å²) in [6.07, 6.45) is -0.0306. The lowest BCUT2D eigenvalue weighted by molar-refractivity contribution is -0.384. The first-order chi connectivity index (χ1) is 15.9. The molecule has 1 aliphatic heterocycles. The fourth-order valence-corrected chi connectivity index (χ4v) is 4.03. The molecule has 0 aromatic heterocycles. The van der Waals surface area contributed by atoms with Crippen LogP contribution in [0.5, 0.6) is 0 Å². The summed E-state index contributed by atoms with van der Waals surface area (Å²) < 4.78 is 5.37. The first-order valence-corrected chi connectivity index (χ1v) is 10.6. The first-order valence-electron chi connectivity index (χ1n) is 10.6. The number of fused-ring (bicyclic) bond motifs is 1. The van der Waals surface area contributed by atoms with Gasteiger partial charge in [0, 0.05) is 29.4 Å². The number of nitrogens with zero attached hydrogens (tertiary/aromatic N) is 2. The highest BCUT2D eigenvalue weighted by Gasteiger charge is 2.35. The van der Waals surface area contributed by atoms with Gasteiger partial charge in [-0.05, 0) is 42.7 Å². The Balaban J connectivity index is 1.51. The summed E-state index contributed by atoms with van der Waals surface area (Å²) in [6.45, 7) is 2.07. The van der Waals surface area contributed by atoms with Crippen molar-refractivity contribution in [2.45, 2.75) is 32.0 Å². The third-order valence-corrected chi connectivity index (χ3v) is 5.64. The van der Waals surface area contributed by atoms with Crippen molar-refractivity contribution in [3.05, 3.63) is 106 Å². The van der Waals surface area contributed by atoms with E-state index < -0.39 is 11.0 Å². The van der Waals surface area contributed by atoms with E-state index in [1.807, 2.05) is 61.5 Å². The molecule has 0 aliphatic carbocycles. The molecule has 2 atom stereocenters. The zero-order valence-corrected chi connectivity index (χ0v) is 18.0. The van der Waals surface area contributed by atoms with E-state index in [0.717, 1.165) is 11.1 Å². The van der Waals surface area contributed by atoms with E-state index in [-0.39, 0.29) is 30.3 Å². The SMILES string of the molecule is C[C@H]1C[C@@H](NC(=O)OCc2ccccc2)c2ccccc2N1C(=O)c1ccc([N+](=O)[O-])cc1. The quantitative estimate of drug-likeness (QED) is 0.440. The normalized spacial score (nSPS) is 17.1. The minimum atomic E-state index is -0.527. The first kappa shape index (κ1) is 22.0. The number of hydrogen-bond donors (Lipinski definition) is 1. The summed E-state index contributed by atoms with van der Waals surface area (Å²) in [5, 5.41) is 13.8. The lowest BCUT2D eigenvalue weighted by Gasteiger charge is -2.39. The van der Waals surface area contributed by atoms with E-state index in [4.69, 9.17) is 4.74 Å². The molecule has 4 rings (SSSR count). The van der Waals surface area contributed by atoms with Gasteiger partial charge in [-0.15, -0.1) is 0 Å². The van der Waals surface area contributed by atoms with Crippen LogP contribution in [0, 0.1) is 10.1 Å². The van der Waals surface area contributed by atoms with Crippen LogP contribution in [0.25, 0.3) is 0 Å². The van der Waals surface area contributed by atoms with Gasteiger partial charge in [-0.3, -0.25) is 14.9 Å². The number of nitro benzene ring substituents is 1. The van der Waals surface area contributed by atoms with Gasteiger partial charge in [0.2, 0.25) is 0 Å². The maximum absolute atomic E-state index is 13.3. The topological polar surface area (TPSA) is 102 Å². The van der Waals surface area contributed by atoms with Crippen LogP contribution in [0.1, 0.15) is 40.9 Å². The van der Waals surface area contributed by atoms with Crippen molar-refractivity contribution < 1.29 is 19.2 Å². The Morgan fingerprint density at radius 3 is 2.39 bits per heavy atom. The summed E-state index contributed by atoms with van der Waals surface area (Å²) in [5.41, 5.74) is 2.67. The van der Waals surface area contributed by atoms with Crippen molar-refractivity contribution in [1.29, 1.82) is 0 Å². The number of hydrogen-bond acceptors (Lipinski definition) is 5. The van der Waals surface area contributed by atoms with Gasteiger partial charge in [0.1, 0.15) is 6.61 Å². The monoisotopic (exact) mass is 445 g/mol. The molecule has 168 valence electrons. The molecule has 2 amide bonds. The number of rotatable bonds is 5. The van der Waals surface area contributed by atoms with Crippen LogP contribution in [0.15, 0.2) is 78.9 Å². The van der Waals surface area contributed by atoms with Crippen LogP contribution in [0.2, 0.25) is 0 Å². The minimum Gasteiger partial charge on any atom is -0.445 e. The zero-order chi connectivity index (χ0) is 23.4. The van der Waals surface area contributed by atoms with E-state index >= 15 is 0 Å². The molecule has 0 saturated carbocycles. The zero-order valence-electron chi connectivity index (χ0n) is 18.0. The summed E-state index contributed by atoms with van der Waals surface area (Å²) in [5.74, 6) is -0.255. The molecule has 0 fully saturated rings. The molecule has 8 heteroatoms. The molecule has 1 heterocycles. The number of anilines is 1. The third kappa shape index (κ3) is 4.85. The van der Waals surface area contributed by atoms with Crippen molar-refractivity contribution in [3.63, 3.8) is 0 Å². The number of ether oxygens (including phenoxy) is 1. The number of para-hydroxylation sites is 1. The lowest BCUT2D eigenvalue weighted by atomic mass is 9.91. The maximum atomic E-state index is 13.3. The maximum Gasteiger partial charge on any atom is 0.407 e. The Bertz CT molecular complexity index is 1160. The van der Waals surface area contributed by atoms with Crippen molar-refractivity contribution in [2.24, 2.45) is 0 Å². The van der Waals surface area contributed by atoms with Gasteiger partial charge in [0.15, 0.2) is 0 Å². The van der Waals surface area contributed by atoms with E-state index in [1.165, 1.54) is 24.3 Å². The lowest BCUT2D eigenvalue weighted by Crippen LogP contribution is -2.46. The predicted octanol–water partition coefficient (Wildman–Crippen LogP) is 5.00. The standard InChI is InChI=1S/C25H23N3O5/c1-17-15-22(26-25(30)33-16-18-7-3-2-4-8-18)21-9-5-6-10-23(21)27(17)24(29)19-11-13-20(14-12-19)28(31)32/h2-14,17,22H,15-16H2,1H3,(H,26,30)/t17-,22+/m0/s1. The van der Waals surface area contributed by atoms with Gasteiger partial charge < -0.3 is 15.0 Å². The summed E-state index contributed by atoms with van der Waals surface area (Å²) >= 11 is 0. The number of carbonyl (C=O) groups is 2. The van der Waals surface area contributed by atoms with Crippen molar-refractivity contribution in [3.8, 4) is 0 Å². The average molecular weight is 445 g/mol. The second-order valence-corrected chi connectivity index (χ2v) is 7.88. The predicted molar refractivity (Wildman–Crippen MR) is 123 cm³/mol. The number of non-ortho nitro benzene ring substituents is 1. The van der Waals surface area contributed by atoms with Crippen molar-refractivity contribution >= 4 is 23.4 Å². The van der Waals surface area contributed by atoms with Crippen LogP contribution >= 0.6 is 0 Å². The second-order valence-electron chi connectivity index (χ2n) is 7.88. The second kappa shape index (κ2) is 9.52. The van der Waals surface area contributed by atoms with Gasteiger partial charge in [-0.2, -0.15) is 0 Å². The fraction of sp³-hybridized carbons (Fsp3) is 0.200. The number of alkyl carbamates (subject to hydrolysis) is 1. The number of nitrogens with one attached hydrogen (secondary N) is 1. The van der Waals surface area contributed by atoms with Gasteiger partial charge in [-0.1, -0.05) is 48.5 Å². The Kier molecular flexibility index (Phi) is 6.35. The Morgan fingerprint density at radius 1 is 1.03 bits per heavy atom. The molecule has 3 aromatic rings. The number of benzene rings is 3. The van der Waals surface area contributed by atoms with E-state index in [1.54, 1.807) is 4.90 Å². The molecule has 0 bridgehead atoms. The molecule has 1 N–H and O–H groups in total. The molecular weight excluding hydrogens is 422 g/mol. The van der Waals surface area contributed by atoms with Gasteiger partial charge in [0.05, 0.1) is 11.0 Å². The molecule has 0 spiro atoms. The largest absolute Gasteiger partial charge is 0.445 e. The highest BCUT2D eigenvalue weighted by molar-refractivity contribution is 6.07. The number of carbonyl (C=O) groups excluding carboxylic acids is 2. The van der Waals surface area contributed by atoms with Gasteiger partial charge in [0.25, 0.3) is 11.6 Å². The number of nitro groups is 1. The fourth-order valence-electron chi connectivity index (χ4n) is 4.03. The van der Waals surface area contributed by atoms with Crippen molar-refractivity contribution in [1.82, 2.24) is 5.32 Å². The molecule has 0 radical (unpaired) electrons. The van der Waals surface area contributed by atoms with Crippen molar-refractivity contribution in [2.75, 3.05) is 4.90 Å². The van der Waals surface area contributed by atoms with Crippen LogP contribution < -0.4 is 10.2 Å². The van der Waals surface area contributed by atoms with Gasteiger partial charge in [-0.25, -0.2) is 4.79 Å². The molecular formula is C25H23N3O5. The summed E-state index contributed by atoms with van der Waals surface area (Å²) in [4.78, 5) is 37.8. The van der Waals surface area contributed by atoms with E-state index in [2.05, 4.69) is 5.32 Å². The van der Waals surface area contributed by atoms with E-state index in [9.17, 15) is 19.7 Å². The van der Waals surface area contributed by atoms with Crippen LogP contribution in [0.3, 0.4) is 0 Å². The molecule has 33 heavy (non-hydrogen) atoms. The van der Waals surface area contributed by atoms with E-state index in [0.29, 0.717) is 17.7 Å². The highest BCUT2D eigenvalue weighted by atomic mass is 16.6. The molecule has 3 aromatic carbocycles. The summed E-state index contributed by atoms with van der Waals surface area (Å²) in [6, 6.07) is 21.8. The van der Waals surface area contributed by atoms with Crippen LogP contribution in [-0.4, -0.2) is 23.0 Å². The Labute approximate surface area is 190 Å². The Hall–Kier alpha value is -4.20. The third-order valence-electron chi connectivity index (χ3n) is 5.64. The van der Waals surface area contributed by atoms with Crippen LogP contribution in [0.4, 0.5) is 16.2 Å². The van der Waals surface area contributed by atoms with Crippen LogP contribution in [-0.2, 0) is 11.3 Å². The molecule has 8 nitrogen and oxygen atoms in total. The Morgan fingerprint density at radius 2 is 1.70 bits per heavy atom. The molecule has 0 unspecified atom stereocenters. The average Bonchev–Trinajstić information content (AvgIpc) is 2.83. The van der Waals surface area contributed by atoms with Gasteiger partial charge >= 0.3 is 6.09 Å². The molecule has 1 aliphatic rings. The number of amides is 2. The molecule has 0 saturated heterocycles.